The van der Waals surface area contributed by atoms with Gasteiger partial charge in [0.15, 0.2) is 5.75 Å². The van der Waals surface area contributed by atoms with E-state index < -0.39 is 13.0 Å². The van der Waals surface area contributed by atoms with E-state index in [0.29, 0.717) is 12.3 Å². The number of rotatable bonds is 6. The van der Waals surface area contributed by atoms with Crippen LogP contribution in [0.5, 0.6) is 5.75 Å². The molecule has 4 nitrogen and oxygen atoms in total. The summed E-state index contributed by atoms with van der Waals surface area (Å²) >= 11 is 0. The third-order valence-corrected chi connectivity index (χ3v) is 1.58. The zero-order chi connectivity index (χ0) is 10.4. The van der Waals surface area contributed by atoms with E-state index in [-0.39, 0.29) is 12.4 Å². The van der Waals surface area contributed by atoms with Gasteiger partial charge in [0.25, 0.3) is 6.43 Å². The number of halogens is 3. The molecule has 0 aromatic carbocycles. The van der Waals surface area contributed by atoms with Crippen LogP contribution in [0, 0.1) is 0 Å². The summed E-state index contributed by atoms with van der Waals surface area (Å²) < 4.78 is 29.9. The van der Waals surface area contributed by atoms with Gasteiger partial charge in [0, 0.05) is 6.54 Å². The fourth-order valence-corrected chi connectivity index (χ4v) is 0.927. The quantitative estimate of drug-likeness (QED) is 0.813. The summed E-state index contributed by atoms with van der Waals surface area (Å²) in [6, 6.07) is 0. The summed E-state index contributed by atoms with van der Waals surface area (Å²) in [5, 5.41) is 6.89. The molecule has 0 saturated carbocycles. The number of nitrogens with one attached hydrogen (secondary N) is 1. The summed E-state index contributed by atoms with van der Waals surface area (Å²) in [5.41, 5.74) is 0. The van der Waals surface area contributed by atoms with Gasteiger partial charge in [-0.1, -0.05) is 0 Å². The fourth-order valence-electron chi connectivity index (χ4n) is 0.927. The summed E-state index contributed by atoms with van der Waals surface area (Å²) in [6.45, 7) is 0.877. The van der Waals surface area contributed by atoms with E-state index in [0.717, 1.165) is 6.54 Å². The Morgan fingerprint density at radius 1 is 1.60 bits per heavy atom. The van der Waals surface area contributed by atoms with E-state index >= 15 is 0 Å². The predicted molar refractivity (Wildman–Crippen MR) is 54.9 cm³/mol. The first-order valence-corrected chi connectivity index (χ1v) is 4.30. The van der Waals surface area contributed by atoms with Gasteiger partial charge in [0.2, 0.25) is 0 Å². The van der Waals surface area contributed by atoms with Gasteiger partial charge in [-0.15, -0.1) is 12.4 Å². The Labute approximate surface area is 93.0 Å². The minimum absolute atomic E-state index is 0. The van der Waals surface area contributed by atoms with Gasteiger partial charge in [-0.3, -0.25) is 4.68 Å². The molecule has 0 fully saturated rings. The molecule has 0 aliphatic rings. The van der Waals surface area contributed by atoms with Crippen LogP contribution in [0.25, 0.3) is 0 Å². The van der Waals surface area contributed by atoms with Crippen molar-refractivity contribution in [2.45, 2.75) is 13.0 Å². The highest BCUT2D eigenvalue weighted by atomic mass is 35.5. The number of likely N-dealkylation sites (N-methyl/N-ethyl adjacent to an activating group) is 1. The molecule has 1 heterocycles. The average molecular weight is 242 g/mol. The molecule has 1 aromatic rings. The molecule has 1 aromatic heterocycles. The molecule has 0 radical (unpaired) electrons. The normalized spacial score (nSPS) is 10.1. The molecule has 1 N–H and O–H groups in total. The van der Waals surface area contributed by atoms with Gasteiger partial charge >= 0.3 is 0 Å². The van der Waals surface area contributed by atoms with Crippen LogP contribution in [0.2, 0.25) is 0 Å². The van der Waals surface area contributed by atoms with Crippen molar-refractivity contribution in [1.82, 2.24) is 15.1 Å². The number of ether oxygens (including phenoxy) is 1. The lowest BCUT2D eigenvalue weighted by atomic mass is 10.6. The topological polar surface area (TPSA) is 39.1 Å². The van der Waals surface area contributed by atoms with Crippen molar-refractivity contribution >= 4 is 12.4 Å². The van der Waals surface area contributed by atoms with Crippen molar-refractivity contribution in [1.29, 1.82) is 0 Å². The molecule has 0 spiro atoms. The Bertz CT molecular complexity index is 270. The highest BCUT2D eigenvalue weighted by molar-refractivity contribution is 5.85. The Hall–Kier alpha value is -0.880. The van der Waals surface area contributed by atoms with Crippen LogP contribution in [-0.2, 0) is 6.54 Å². The molecule has 0 bridgehead atoms. The highest BCUT2D eigenvalue weighted by Gasteiger charge is 2.04. The van der Waals surface area contributed by atoms with Gasteiger partial charge < -0.3 is 10.1 Å². The second-order valence-electron chi connectivity index (χ2n) is 2.74. The number of nitrogens with zero attached hydrogens (tertiary/aromatic N) is 2. The van der Waals surface area contributed by atoms with Crippen LogP contribution < -0.4 is 10.1 Å². The van der Waals surface area contributed by atoms with Crippen molar-refractivity contribution in [3.05, 3.63) is 12.4 Å². The predicted octanol–water partition coefficient (Wildman–Crippen LogP) is 1.17. The maximum Gasteiger partial charge on any atom is 0.272 e. The average Bonchev–Trinajstić information content (AvgIpc) is 2.59. The number of aromatic nitrogens is 2. The Kier molecular flexibility index (Phi) is 6.98. The van der Waals surface area contributed by atoms with Crippen molar-refractivity contribution in [3.8, 4) is 5.75 Å². The van der Waals surface area contributed by atoms with Gasteiger partial charge in [-0.2, -0.15) is 5.10 Å². The van der Waals surface area contributed by atoms with Crippen molar-refractivity contribution in [3.63, 3.8) is 0 Å². The lowest BCUT2D eigenvalue weighted by Crippen LogP contribution is -2.15. The van der Waals surface area contributed by atoms with Gasteiger partial charge in [-0.05, 0) is 7.05 Å². The van der Waals surface area contributed by atoms with Gasteiger partial charge in [0.1, 0.15) is 6.61 Å². The Morgan fingerprint density at radius 3 is 2.93 bits per heavy atom. The van der Waals surface area contributed by atoms with E-state index in [2.05, 4.69) is 10.4 Å². The number of hydrogen-bond acceptors (Lipinski definition) is 3. The first-order valence-electron chi connectivity index (χ1n) is 4.30. The molecular formula is C8H14ClF2N3O. The first kappa shape index (κ1) is 14.1. The van der Waals surface area contributed by atoms with Crippen LogP contribution in [-0.4, -0.2) is 36.4 Å². The van der Waals surface area contributed by atoms with E-state index in [1.807, 2.05) is 7.05 Å². The smallest absolute Gasteiger partial charge is 0.272 e. The second kappa shape index (κ2) is 7.42. The minimum Gasteiger partial charge on any atom is -0.484 e. The summed E-state index contributed by atoms with van der Waals surface area (Å²) in [5.74, 6) is 0.376. The molecule has 0 unspecified atom stereocenters. The summed E-state index contributed by atoms with van der Waals surface area (Å²) in [4.78, 5) is 0. The van der Waals surface area contributed by atoms with Crippen LogP contribution in [0.4, 0.5) is 8.78 Å². The molecule has 0 saturated heterocycles. The lowest BCUT2D eigenvalue weighted by molar-refractivity contribution is 0.0818. The minimum atomic E-state index is -2.45. The van der Waals surface area contributed by atoms with E-state index in [4.69, 9.17) is 4.74 Å². The van der Waals surface area contributed by atoms with Gasteiger partial charge in [-0.25, -0.2) is 8.78 Å². The van der Waals surface area contributed by atoms with Crippen LogP contribution in [0.15, 0.2) is 12.4 Å². The molecule has 0 atom stereocenters. The third-order valence-electron chi connectivity index (χ3n) is 1.58. The lowest BCUT2D eigenvalue weighted by Gasteiger charge is -2.01. The van der Waals surface area contributed by atoms with Crippen molar-refractivity contribution in [2.75, 3.05) is 20.2 Å². The molecule has 15 heavy (non-hydrogen) atoms. The molecule has 0 amide bonds. The number of hydrogen-bond donors (Lipinski definition) is 1. The standard InChI is InChI=1S/C8H13F2N3O.ClH/c1-11-2-3-13-5-7(4-12-13)14-6-8(9)10;/h4-5,8,11H,2-3,6H2,1H3;1H. The number of alkyl halides is 2. The second-order valence-corrected chi connectivity index (χ2v) is 2.74. The molecule has 0 aliphatic heterocycles. The van der Waals surface area contributed by atoms with Crippen molar-refractivity contribution in [2.24, 2.45) is 0 Å². The molecule has 1 rings (SSSR count). The first-order chi connectivity index (χ1) is 6.72. The van der Waals surface area contributed by atoms with Gasteiger partial charge in [0.05, 0.1) is 18.9 Å². The Morgan fingerprint density at radius 2 is 2.33 bits per heavy atom. The highest BCUT2D eigenvalue weighted by Crippen LogP contribution is 2.09. The maximum absolute atomic E-state index is 11.8. The third kappa shape index (κ3) is 5.54. The van der Waals surface area contributed by atoms with E-state index in [1.54, 1.807) is 10.9 Å². The molecule has 7 heteroatoms. The molecule has 88 valence electrons. The zero-order valence-corrected chi connectivity index (χ0v) is 9.14. The molecular weight excluding hydrogens is 228 g/mol. The maximum atomic E-state index is 11.8. The monoisotopic (exact) mass is 241 g/mol. The zero-order valence-electron chi connectivity index (χ0n) is 8.32. The summed E-state index contributed by atoms with van der Waals surface area (Å²) in [7, 11) is 1.83. The largest absolute Gasteiger partial charge is 0.484 e. The summed E-state index contributed by atoms with van der Waals surface area (Å²) in [6.07, 6.45) is 0.577. The van der Waals surface area contributed by atoms with Crippen molar-refractivity contribution < 1.29 is 13.5 Å². The van der Waals surface area contributed by atoms with Crippen LogP contribution in [0.1, 0.15) is 0 Å². The van der Waals surface area contributed by atoms with E-state index in [1.165, 1.54) is 6.20 Å². The van der Waals surface area contributed by atoms with Crippen LogP contribution >= 0.6 is 12.4 Å². The fraction of sp³-hybridized carbons (Fsp3) is 0.625. The van der Waals surface area contributed by atoms with Crippen LogP contribution in [0.3, 0.4) is 0 Å². The Balaban J connectivity index is 0.00000196. The molecule has 0 aliphatic carbocycles. The SMILES string of the molecule is CNCCn1cc(OCC(F)F)cn1.Cl. The van der Waals surface area contributed by atoms with E-state index in [9.17, 15) is 8.78 Å².